The monoisotopic (exact) mass is 351 g/mol. The standard InChI is InChI=1S/C18H22ClNO4/c1-13(15-4-2-3-5-16(15)19)12-17(21)20(9-6-18(22)23)14-7-10-24-11-8-14/h2-5,12,14H,6-11H2,1H3,(H,22,23)/b13-12+. The fraction of sp³-hybridized carbons (Fsp3) is 0.444. The van der Waals surface area contributed by atoms with Crippen LogP contribution in [0.25, 0.3) is 5.57 Å². The topological polar surface area (TPSA) is 66.8 Å². The molecular formula is C18H22ClNO4. The molecule has 1 fully saturated rings. The number of aliphatic carboxylic acids is 1. The first-order chi connectivity index (χ1) is 11.5. The molecule has 0 radical (unpaired) electrons. The average molecular weight is 352 g/mol. The SMILES string of the molecule is C/C(=C\C(=O)N(CCC(=O)O)C1CCOCC1)c1ccccc1Cl. The number of nitrogens with zero attached hydrogens (tertiary/aromatic N) is 1. The van der Waals surface area contributed by atoms with Crippen molar-refractivity contribution in [1.82, 2.24) is 4.90 Å². The van der Waals surface area contributed by atoms with E-state index < -0.39 is 5.97 Å². The zero-order valence-electron chi connectivity index (χ0n) is 13.7. The number of carbonyl (C=O) groups is 2. The Bertz CT molecular complexity index is 623. The smallest absolute Gasteiger partial charge is 0.305 e. The second-order valence-electron chi connectivity index (χ2n) is 5.83. The largest absolute Gasteiger partial charge is 0.481 e. The van der Waals surface area contributed by atoms with E-state index in [-0.39, 0.29) is 24.9 Å². The summed E-state index contributed by atoms with van der Waals surface area (Å²) in [4.78, 5) is 25.3. The molecule has 0 saturated carbocycles. The normalized spacial score (nSPS) is 16.0. The third kappa shape index (κ3) is 5.08. The van der Waals surface area contributed by atoms with Crippen LogP contribution in [0, 0.1) is 0 Å². The van der Waals surface area contributed by atoms with Gasteiger partial charge in [0.15, 0.2) is 0 Å². The van der Waals surface area contributed by atoms with Gasteiger partial charge in [0.2, 0.25) is 5.91 Å². The van der Waals surface area contributed by atoms with Gasteiger partial charge in [0.1, 0.15) is 0 Å². The van der Waals surface area contributed by atoms with E-state index in [2.05, 4.69) is 0 Å². The van der Waals surface area contributed by atoms with Crippen LogP contribution in [0.5, 0.6) is 0 Å². The second-order valence-corrected chi connectivity index (χ2v) is 6.23. The molecule has 5 nitrogen and oxygen atoms in total. The van der Waals surface area contributed by atoms with Crippen LogP contribution < -0.4 is 0 Å². The van der Waals surface area contributed by atoms with Crippen molar-refractivity contribution in [3.05, 3.63) is 40.9 Å². The molecule has 1 aromatic rings. The van der Waals surface area contributed by atoms with Crippen LogP contribution in [0.4, 0.5) is 0 Å². The third-order valence-corrected chi connectivity index (χ3v) is 4.45. The maximum atomic E-state index is 12.7. The molecule has 0 spiro atoms. The first-order valence-corrected chi connectivity index (χ1v) is 8.40. The van der Waals surface area contributed by atoms with Gasteiger partial charge in [-0.05, 0) is 37.0 Å². The molecule has 0 bridgehead atoms. The Kier molecular flexibility index (Phi) is 6.82. The number of benzene rings is 1. The van der Waals surface area contributed by atoms with Crippen molar-refractivity contribution in [3.8, 4) is 0 Å². The van der Waals surface area contributed by atoms with Crippen molar-refractivity contribution in [1.29, 1.82) is 0 Å². The fourth-order valence-corrected chi connectivity index (χ4v) is 3.10. The summed E-state index contributed by atoms with van der Waals surface area (Å²) in [5, 5.41) is 9.53. The summed E-state index contributed by atoms with van der Waals surface area (Å²) in [5.41, 5.74) is 1.57. The Hall–Kier alpha value is -1.85. The molecule has 1 aliphatic rings. The molecule has 1 aliphatic heterocycles. The first-order valence-electron chi connectivity index (χ1n) is 8.02. The molecule has 0 aliphatic carbocycles. The van der Waals surface area contributed by atoms with E-state index in [1.807, 2.05) is 25.1 Å². The molecule has 6 heteroatoms. The number of carboxylic acid groups (broad SMARTS) is 1. The van der Waals surface area contributed by atoms with Gasteiger partial charge in [-0.15, -0.1) is 0 Å². The van der Waals surface area contributed by atoms with Gasteiger partial charge < -0.3 is 14.7 Å². The fourth-order valence-electron chi connectivity index (χ4n) is 2.81. The lowest BCUT2D eigenvalue weighted by molar-refractivity contribution is -0.138. The number of hydrogen-bond donors (Lipinski definition) is 1. The van der Waals surface area contributed by atoms with Crippen molar-refractivity contribution in [2.75, 3.05) is 19.8 Å². The summed E-state index contributed by atoms with van der Waals surface area (Å²) in [6, 6.07) is 7.35. The van der Waals surface area contributed by atoms with Gasteiger partial charge in [0.25, 0.3) is 0 Å². The highest BCUT2D eigenvalue weighted by atomic mass is 35.5. The van der Waals surface area contributed by atoms with Crippen molar-refractivity contribution in [3.63, 3.8) is 0 Å². The molecule has 1 amide bonds. The number of amides is 1. The molecule has 1 heterocycles. The Balaban J connectivity index is 2.17. The van der Waals surface area contributed by atoms with E-state index >= 15 is 0 Å². The maximum Gasteiger partial charge on any atom is 0.305 e. The number of ether oxygens (including phenoxy) is 1. The zero-order valence-corrected chi connectivity index (χ0v) is 14.5. The zero-order chi connectivity index (χ0) is 17.5. The number of rotatable bonds is 6. The number of allylic oxidation sites excluding steroid dienone is 1. The molecule has 0 unspecified atom stereocenters. The van der Waals surface area contributed by atoms with Crippen LogP contribution in [-0.4, -0.2) is 47.7 Å². The second kappa shape index (κ2) is 8.85. The van der Waals surface area contributed by atoms with E-state index in [1.54, 1.807) is 17.0 Å². The quantitative estimate of drug-likeness (QED) is 0.799. The lowest BCUT2D eigenvalue weighted by atomic mass is 10.0. The molecule has 2 rings (SSSR count). The lowest BCUT2D eigenvalue weighted by Gasteiger charge is -2.33. The minimum atomic E-state index is -0.910. The minimum absolute atomic E-state index is 0.0147. The maximum absolute atomic E-state index is 12.7. The molecule has 0 atom stereocenters. The van der Waals surface area contributed by atoms with Gasteiger partial charge >= 0.3 is 5.97 Å². The van der Waals surface area contributed by atoms with Crippen molar-refractivity contribution in [2.24, 2.45) is 0 Å². The van der Waals surface area contributed by atoms with Crippen molar-refractivity contribution in [2.45, 2.75) is 32.2 Å². The van der Waals surface area contributed by atoms with Crippen LogP contribution >= 0.6 is 11.6 Å². The summed E-state index contributed by atoms with van der Waals surface area (Å²) in [7, 11) is 0. The van der Waals surface area contributed by atoms with Gasteiger partial charge in [0, 0.05) is 36.9 Å². The minimum Gasteiger partial charge on any atom is -0.481 e. The number of carboxylic acids is 1. The van der Waals surface area contributed by atoms with E-state index in [4.69, 9.17) is 21.4 Å². The van der Waals surface area contributed by atoms with Gasteiger partial charge in [-0.3, -0.25) is 9.59 Å². The van der Waals surface area contributed by atoms with Gasteiger partial charge in [-0.1, -0.05) is 29.8 Å². The highest BCUT2D eigenvalue weighted by Gasteiger charge is 2.25. The van der Waals surface area contributed by atoms with Crippen LogP contribution in [0.1, 0.15) is 31.7 Å². The molecule has 1 saturated heterocycles. The number of halogens is 1. The van der Waals surface area contributed by atoms with E-state index in [1.165, 1.54) is 0 Å². The van der Waals surface area contributed by atoms with Gasteiger partial charge in [-0.2, -0.15) is 0 Å². The Morgan fingerprint density at radius 3 is 2.62 bits per heavy atom. The van der Waals surface area contributed by atoms with Gasteiger partial charge in [-0.25, -0.2) is 0 Å². The van der Waals surface area contributed by atoms with Crippen LogP contribution in [0.3, 0.4) is 0 Å². The molecule has 130 valence electrons. The summed E-state index contributed by atoms with van der Waals surface area (Å²) >= 11 is 6.17. The Labute approximate surface area is 146 Å². The average Bonchev–Trinajstić information content (AvgIpc) is 2.56. The van der Waals surface area contributed by atoms with Crippen molar-refractivity contribution < 1.29 is 19.4 Å². The van der Waals surface area contributed by atoms with Gasteiger partial charge in [0.05, 0.1) is 6.42 Å². The predicted octanol–water partition coefficient (Wildman–Crippen LogP) is 3.23. The summed E-state index contributed by atoms with van der Waals surface area (Å²) < 4.78 is 5.33. The van der Waals surface area contributed by atoms with Crippen molar-refractivity contribution >= 4 is 29.1 Å². The molecular weight excluding hydrogens is 330 g/mol. The highest BCUT2D eigenvalue weighted by Crippen LogP contribution is 2.24. The van der Waals surface area contributed by atoms with E-state index in [9.17, 15) is 9.59 Å². The molecule has 1 N–H and O–H groups in total. The highest BCUT2D eigenvalue weighted by molar-refractivity contribution is 6.32. The summed E-state index contributed by atoms with van der Waals surface area (Å²) in [6.45, 7) is 3.22. The summed E-state index contributed by atoms with van der Waals surface area (Å²) in [5.74, 6) is -1.09. The first kappa shape index (κ1) is 18.5. The molecule has 1 aromatic carbocycles. The molecule has 24 heavy (non-hydrogen) atoms. The van der Waals surface area contributed by atoms with E-state index in [0.29, 0.717) is 18.2 Å². The number of hydrogen-bond acceptors (Lipinski definition) is 3. The Morgan fingerprint density at radius 1 is 1.33 bits per heavy atom. The Morgan fingerprint density at radius 2 is 2.00 bits per heavy atom. The molecule has 0 aromatic heterocycles. The number of carbonyl (C=O) groups excluding carboxylic acids is 1. The van der Waals surface area contributed by atoms with Crippen LogP contribution in [0.15, 0.2) is 30.3 Å². The van der Waals surface area contributed by atoms with E-state index in [0.717, 1.165) is 24.0 Å². The predicted molar refractivity (Wildman–Crippen MR) is 92.9 cm³/mol. The third-order valence-electron chi connectivity index (χ3n) is 4.12. The van der Waals surface area contributed by atoms with Crippen LogP contribution in [0.2, 0.25) is 5.02 Å². The lowest BCUT2D eigenvalue weighted by Crippen LogP contribution is -2.43. The van der Waals surface area contributed by atoms with Crippen LogP contribution in [-0.2, 0) is 14.3 Å². The summed E-state index contributed by atoms with van der Waals surface area (Å²) in [6.07, 6.45) is 2.93.